The van der Waals surface area contributed by atoms with E-state index in [1.165, 1.54) is 6.21 Å². The third-order valence-electron chi connectivity index (χ3n) is 5.47. The Kier molecular flexibility index (Phi) is 6.83. The Labute approximate surface area is 175 Å². The van der Waals surface area contributed by atoms with Gasteiger partial charge in [-0.05, 0) is 38.1 Å². The predicted octanol–water partition coefficient (Wildman–Crippen LogP) is 3.05. The number of benzene rings is 1. The highest BCUT2D eigenvalue weighted by molar-refractivity contribution is 6.00. The molecule has 2 unspecified atom stereocenters. The minimum atomic E-state index is -0.789. The summed E-state index contributed by atoms with van der Waals surface area (Å²) in [7, 11) is 3.65. The Morgan fingerprint density at radius 3 is 2.53 bits per heavy atom. The number of nitrogens with one attached hydrogen (secondary N) is 5. The van der Waals surface area contributed by atoms with Gasteiger partial charge in [0.1, 0.15) is 5.82 Å². The van der Waals surface area contributed by atoms with Crippen molar-refractivity contribution in [3.8, 4) is 0 Å². The molecule has 1 heterocycles. The summed E-state index contributed by atoms with van der Waals surface area (Å²) >= 11 is 0. The quantitative estimate of drug-likeness (QED) is 0.369. The van der Waals surface area contributed by atoms with Gasteiger partial charge >= 0.3 is 0 Å². The molecule has 7 N–H and O–H groups in total. The molecule has 1 aliphatic carbocycles. The van der Waals surface area contributed by atoms with E-state index in [-0.39, 0.29) is 29.3 Å². The normalized spacial score (nSPS) is 18.5. The summed E-state index contributed by atoms with van der Waals surface area (Å²) in [5.74, 6) is -1.22. The lowest BCUT2D eigenvalue weighted by atomic mass is 9.90. The number of halogens is 1. The van der Waals surface area contributed by atoms with Crippen LogP contribution >= 0.6 is 0 Å². The van der Waals surface area contributed by atoms with Gasteiger partial charge in [-0.15, -0.1) is 0 Å². The molecule has 1 amide bonds. The number of hydrogen-bond acceptors (Lipinski definition) is 7. The molecular weight excluding hydrogens is 385 g/mol. The maximum Gasteiger partial charge on any atom is 0.252 e. The maximum atomic E-state index is 14.8. The Hall–Kier alpha value is -3.20. The van der Waals surface area contributed by atoms with Gasteiger partial charge in [-0.1, -0.05) is 18.9 Å². The van der Waals surface area contributed by atoms with Gasteiger partial charge in [-0.3, -0.25) is 4.79 Å². The number of nitrogens with zero attached hydrogens (tertiary/aromatic N) is 1. The molecule has 0 radical (unpaired) electrons. The predicted molar refractivity (Wildman–Crippen MR) is 119 cm³/mol. The molecule has 30 heavy (non-hydrogen) atoms. The molecular formula is C21H28FN7O. The van der Waals surface area contributed by atoms with E-state index in [4.69, 9.17) is 11.1 Å². The van der Waals surface area contributed by atoms with Crippen LogP contribution in [0.2, 0.25) is 0 Å². The second kappa shape index (κ2) is 9.53. The number of carbonyl (C=O) groups excluding carboxylic acids is 1. The summed E-state index contributed by atoms with van der Waals surface area (Å²) in [6, 6.07) is 6.72. The van der Waals surface area contributed by atoms with E-state index < -0.39 is 11.7 Å². The Bertz CT molecular complexity index is 934. The summed E-state index contributed by atoms with van der Waals surface area (Å²) in [6.07, 6.45) is 5.28. The van der Waals surface area contributed by atoms with E-state index in [0.29, 0.717) is 11.3 Å². The first-order chi connectivity index (χ1) is 14.5. The molecule has 1 aromatic carbocycles. The topological polar surface area (TPSA) is 128 Å². The Morgan fingerprint density at radius 2 is 1.90 bits per heavy atom. The molecule has 3 rings (SSSR count). The Balaban J connectivity index is 1.98. The summed E-state index contributed by atoms with van der Waals surface area (Å²) < 4.78 is 14.8. The lowest BCUT2D eigenvalue weighted by molar-refractivity contribution is 0.100. The first-order valence-electron chi connectivity index (χ1n) is 10.0. The number of nitrogens with two attached hydrogens (primary N) is 1. The van der Waals surface area contributed by atoms with Crippen LogP contribution < -0.4 is 27.0 Å². The minimum Gasteiger partial charge on any atom is -0.388 e. The van der Waals surface area contributed by atoms with Crippen LogP contribution in [0.3, 0.4) is 0 Å². The first-order valence-corrected chi connectivity index (χ1v) is 10.0. The molecule has 0 bridgehead atoms. The third-order valence-corrected chi connectivity index (χ3v) is 5.47. The highest BCUT2D eigenvalue weighted by Crippen LogP contribution is 2.29. The van der Waals surface area contributed by atoms with Crippen LogP contribution in [0, 0.1) is 11.2 Å². The number of rotatable bonds is 8. The van der Waals surface area contributed by atoms with Crippen molar-refractivity contribution in [1.82, 2.24) is 10.3 Å². The molecule has 160 valence electrons. The fourth-order valence-corrected chi connectivity index (χ4v) is 3.87. The number of pyridine rings is 1. The van der Waals surface area contributed by atoms with Gasteiger partial charge in [0.15, 0.2) is 11.6 Å². The highest BCUT2D eigenvalue weighted by atomic mass is 19.1. The van der Waals surface area contributed by atoms with Crippen molar-refractivity contribution in [2.24, 2.45) is 5.73 Å². The van der Waals surface area contributed by atoms with Crippen molar-refractivity contribution >= 4 is 35.1 Å². The highest BCUT2D eigenvalue weighted by Gasteiger charge is 2.26. The standard InChI is InChI=1S/C21H28FN7O/c1-25-15-8-5-9-16(13(15)11-23)27-20-12(19(24)30)10-14(22)21(29-20)28-18-7-4-3-6-17(18)26-2/h5,8-11,17-18,23,25-26H,3-4,6-7H2,1-2H3,(H2,24,30)(H2,27,28,29). The molecule has 0 saturated heterocycles. The number of likely N-dealkylation sites (N-methyl/N-ethyl adjacent to an activating group) is 1. The molecule has 1 aliphatic rings. The number of aromatic nitrogens is 1. The van der Waals surface area contributed by atoms with Gasteiger partial charge < -0.3 is 32.4 Å². The molecule has 0 spiro atoms. The lowest BCUT2D eigenvalue weighted by Crippen LogP contribution is -2.45. The van der Waals surface area contributed by atoms with Crippen LogP contribution in [0.15, 0.2) is 24.3 Å². The van der Waals surface area contributed by atoms with Gasteiger partial charge in [0.25, 0.3) is 5.91 Å². The molecule has 2 atom stereocenters. The minimum absolute atomic E-state index is 0.0304. The van der Waals surface area contributed by atoms with Crippen LogP contribution in [0.25, 0.3) is 0 Å². The van der Waals surface area contributed by atoms with Gasteiger partial charge in [0.2, 0.25) is 0 Å². The molecule has 0 aliphatic heterocycles. The van der Waals surface area contributed by atoms with E-state index in [1.807, 2.05) is 13.1 Å². The lowest BCUT2D eigenvalue weighted by Gasteiger charge is -2.32. The number of anilines is 4. The van der Waals surface area contributed by atoms with E-state index in [1.54, 1.807) is 19.2 Å². The van der Waals surface area contributed by atoms with Crippen LogP contribution in [0.1, 0.15) is 41.6 Å². The van der Waals surface area contributed by atoms with Crippen LogP contribution in [0.5, 0.6) is 0 Å². The van der Waals surface area contributed by atoms with E-state index >= 15 is 0 Å². The summed E-state index contributed by atoms with van der Waals surface area (Å²) in [6.45, 7) is 0. The zero-order valence-corrected chi connectivity index (χ0v) is 17.2. The molecule has 9 heteroatoms. The number of hydrogen-bond donors (Lipinski definition) is 6. The SMILES string of the molecule is CNc1cccc(Nc2nc(NC3CCCCC3NC)c(F)cc2C(N)=O)c1C=N. The second-order valence-corrected chi connectivity index (χ2v) is 7.30. The van der Waals surface area contributed by atoms with Crippen molar-refractivity contribution in [3.63, 3.8) is 0 Å². The van der Waals surface area contributed by atoms with Gasteiger partial charge in [-0.25, -0.2) is 9.37 Å². The van der Waals surface area contributed by atoms with E-state index in [2.05, 4.69) is 26.3 Å². The van der Waals surface area contributed by atoms with Crippen molar-refractivity contribution in [2.45, 2.75) is 37.8 Å². The molecule has 2 aromatic rings. The van der Waals surface area contributed by atoms with Crippen LogP contribution in [0.4, 0.5) is 27.4 Å². The van der Waals surface area contributed by atoms with E-state index in [9.17, 15) is 9.18 Å². The molecule has 1 fully saturated rings. The van der Waals surface area contributed by atoms with Crippen LogP contribution in [-0.4, -0.2) is 43.3 Å². The largest absolute Gasteiger partial charge is 0.388 e. The first kappa shape index (κ1) is 21.5. The average molecular weight is 414 g/mol. The molecule has 8 nitrogen and oxygen atoms in total. The van der Waals surface area contributed by atoms with Crippen molar-refractivity contribution < 1.29 is 9.18 Å². The van der Waals surface area contributed by atoms with E-state index in [0.717, 1.165) is 37.4 Å². The van der Waals surface area contributed by atoms with Crippen molar-refractivity contribution in [3.05, 3.63) is 41.2 Å². The third kappa shape index (κ3) is 4.51. The smallest absolute Gasteiger partial charge is 0.252 e. The van der Waals surface area contributed by atoms with Crippen molar-refractivity contribution in [2.75, 3.05) is 30.0 Å². The zero-order valence-electron chi connectivity index (χ0n) is 17.2. The summed E-state index contributed by atoms with van der Waals surface area (Å²) in [5.41, 5.74) is 7.28. The average Bonchev–Trinajstić information content (AvgIpc) is 2.75. The van der Waals surface area contributed by atoms with Gasteiger partial charge in [0, 0.05) is 36.6 Å². The number of amides is 1. The summed E-state index contributed by atoms with van der Waals surface area (Å²) in [5, 5.41) is 20.3. The van der Waals surface area contributed by atoms with Gasteiger partial charge in [-0.2, -0.15) is 0 Å². The van der Waals surface area contributed by atoms with Gasteiger partial charge in [0.05, 0.1) is 11.3 Å². The second-order valence-electron chi connectivity index (χ2n) is 7.30. The zero-order chi connectivity index (χ0) is 21.7. The summed E-state index contributed by atoms with van der Waals surface area (Å²) in [4.78, 5) is 16.3. The monoisotopic (exact) mass is 413 g/mol. The number of primary amides is 1. The molecule has 1 aromatic heterocycles. The maximum absolute atomic E-state index is 14.8. The van der Waals surface area contributed by atoms with Crippen LogP contribution in [-0.2, 0) is 0 Å². The fraction of sp³-hybridized carbons (Fsp3) is 0.381. The van der Waals surface area contributed by atoms with Crippen molar-refractivity contribution in [1.29, 1.82) is 5.41 Å². The molecule has 1 saturated carbocycles. The Morgan fingerprint density at radius 1 is 1.20 bits per heavy atom. The fourth-order valence-electron chi connectivity index (χ4n) is 3.87. The number of carbonyl (C=O) groups is 1.